The van der Waals surface area contributed by atoms with Crippen molar-refractivity contribution < 1.29 is 14.3 Å². The standard InChI is InChI=1S/C18H28N4O3/c1-18(20-16(23)12-22-8-3-7-19-22)6-9-21(13-18)17(24)5-4-14-10-15(11-14)25-2/h3,7-8,14-15H,4-6,9-13H2,1-2H3,(H,20,23). The van der Waals surface area contributed by atoms with Crippen LogP contribution in [0.1, 0.15) is 39.0 Å². The maximum atomic E-state index is 12.4. The van der Waals surface area contributed by atoms with Crippen LogP contribution < -0.4 is 5.32 Å². The molecule has 1 aromatic heterocycles. The predicted molar refractivity (Wildman–Crippen MR) is 92.7 cm³/mol. The molecule has 1 aliphatic carbocycles. The van der Waals surface area contributed by atoms with Gasteiger partial charge in [0.15, 0.2) is 0 Å². The zero-order valence-corrected chi connectivity index (χ0v) is 15.1. The first-order valence-electron chi connectivity index (χ1n) is 9.06. The van der Waals surface area contributed by atoms with E-state index in [9.17, 15) is 9.59 Å². The van der Waals surface area contributed by atoms with Crippen LogP contribution in [0.15, 0.2) is 18.5 Å². The summed E-state index contributed by atoms with van der Waals surface area (Å²) < 4.78 is 6.88. The van der Waals surface area contributed by atoms with Crippen molar-refractivity contribution in [3.05, 3.63) is 18.5 Å². The van der Waals surface area contributed by atoms with Gasteiger partial charge in [-0.3, -0.25) is 14.3 Å². The van der Waals surface area contributed by atoms with Gasteiger partial charge in [-0.2, -0.15) is 5.10 Å². The number of carbonyl (C=O) groups is 2. The Balaban J connectivity index is 1.40. The Kier molecular flexibility index (Phi) is 5.42. The fourth-order valence-electron chi connectivity index (χ4n) is 3.78. The Hall–Kier alpha value is -1.89. The highest BCUT2D eigenvalue weighted by Gasteiger charge is 2.37. The Bertz CT molecular complexity index is 597. The van der Waals surface area contributed by atoms with Crippen molar-refractivity contribution >= 4 is 11.8 Å². The molecule has 25 heavy (non-hydrogen) atoms. The van der Waals surface area contributed by atoms with Crippen molar-refractivity contribution in [2.24, 2.45) is 5.92 Å². The lowest BCUT2D eigenvalue weighted by molar-refractivity contribution is -0.131. The number of likely N-dealkylation sites (tertiary alicyclic amines) is 1. The summed E-state index contributed by atoms with van der Waals surface area (Å²) in [6.07, 6.45) is 8.29. The van der Waals surface area contributed by atoms with E-state index >= 15 is 0 Å². The van der Waals surface area contributed by atoms with Crippen molar-refractivity contribution in [2.45, 2.75) is 57.2 Å². The van der Waals surface area contributed by atoms with E-state index in [0.717, 1.165) is 25.7 Å². The number of rotatable bonds is 7. The van der Waals surface area contributed by atoms with E-state index in [1.54, 1.807) is 30.3 Å². The van der Waals surface area contributed by atoms with Gasteiger partial charge in [0.25, 0.3) is 0 Å². The zero-order valence-electron chi connectivity index (χ0n) is 15.1. The van der Waals surface area contributed by atoms with E-state index in [-0.39, 0.29) is 23.9 Å². The average molecular weight is 348 g/mol. The Labute approximate surface area is 148 Å². The lowest BCUT2D eigenvalue weighted by Crippen LogP contribution is -2.49. The molecule has 0 aromatic carbocycles. The maximum Gasteiger partial charge on any atom is 0.242 e. The molecule has 1 saturated carbocycles. The molecule has 0 radical (unpaired) electrons. The summed E-state index contributed by atoms with van der Waals surface area (Å²) in [6, 6.07) is 1.79. The largest absolute Gasteiger partial charge is 0.381 e. The third-order valence-electron chi connectivity index (χ3n) is 5.42. The molecule has 1 atom stereocenters. The summed E-state index contributed by atoms with van der Waals surface area (Å²) in [5.74, 6) is 0.753. The fraction of sp³-hybridized carbons (Fsp3) is 0.722. The summed E-state index contributed by atoms with van der Waals surface area (Å²) in [4.78, 5) is 26.5. The number of ether oxygens (including phenoxy) is 1. The molecule has 7 heteroatoms. The summed E-state index contributed by atoms with van der Waals surface area (Å²) in [7, 11) is 1.75. The van der Waals surface area contributed by atoms with Crippen LogP contribution in [0.5, 0.6) is 0 Å². The van der Waals surface area contributed by atoms with Crippen molar-refractivity contribution in [1.82, 2.24) is 20.0 Å². The first-order valence-corrected chi connectivity index (χ1v) is 9.06. The van der Waals surface area contributed by atoms with Gasteiger partial charge in [-0.25, -0.2) is 0 Å². The second kappa shape index (κ2) is 7.56. The summed E-state index contributed by atoms with van der Waals surface area (Å²) >= 11 is 0. The molecule has 2 amide bonds. The zero-order chi connectivity index (χ0) is 17.9. The number of carbonyl (C=O) groups excluding carboxylic acids is 2. The van der Waals surface area contributed by atoms with E-state index in [2.05, 4.69) is 10.4 Å². The number of aromatic nitrogens is 2. The van der Waals surface area contributed by atoms with Crippen LogP contribution in [0.25, 0.3) is 0 Å². The van der Waals surface area contributed by atoms with Gasteiger partial charge in [0.2, 0.25) is 11.8 Å². The average Bonchev–Trinajstić information content (AvgIpc) is 3.15. The van der Waals surface area contributed by atoms with E-state index in [4.69, 9.17) is 4.74 Å². The summed E-state index contributed by atoms with van der Waals surface area (Å²) in [5.41, 5.74) is -0.350. The monoisotopic (exact) mass is 348 g/mol. The fourth-order valence-corrected chi connectivity index (χ4v) is 3.78. The van der Waals surface area contributed by atoms with E-state index in [0.29, 0.717) is 31.5 Å². The number of hydrogen-bond acceptors (Lipinski definition) is 4. The number of amides is 2. The molecule has 7 nitrogen and oxygen atoms in total. The van der Waals surface area contributed by atoms with Gasteiger partial charge < -0.3 is 15.0 Å². The van der Waals surface area contributed by atoms with Crippen LogP contribution in [0, 0.1) is 5.92 Å². The molecule has 3 rings (SSSR count). The van der Waals surface area contributed by atoms with Crippen LogP contribution >= 0.6 is 0 Å². The molecule has 1 unspecified atom stereocenters. The van der Waals surface area contributed by atoms with Gasteiger partial charge in [-0.05, 0) is 44.6 Å². The molecule has 2 aliphatic rings. The van der Waals surface area contributed by atoms with Gasteiger partial charge in [0.05, 0.1) is 11.6 Å². The maximum absolute atomic E-state index is 12.4. The minimum absolute atomic E-state index is 0.0689. The second-order valence-corrected chi connectivity index (χ2v) is 7.61. The van der Waals surface area contributed by atoms with Crippen LogP contribution in [-0.2, 0) is 20.9 Å². The number of methoxy groups -OCH3 is 1. The van der Waals surface area contributed by atoms with Crippen LogP contribution in [0.3, 0.4) is 0 Å². The van der Waals surface area contributed by atoms with E-state index in [1.807, 2.05) is 11.8 Å². The van der Waals surface area contributed by atoms with Crippen molar-refractivity contribution in [2.75, 3.05) is 20.2 Å². The minimum atomic E-state index is -0.350. The van der Waals surface area contributed by atoms with Crippen molar-refractivity contribution in [3.63, 3.8) is 0 Å². The summed E-state index contributed by atoms with van der Waals surface area (Å²) in [6.45, 7) is 3.51. The third kappa shape index (κ3) is 4.60. The Morgan fingerprint density at radius 3 is 2.88 bits per heavy atom. The quantitative estimate of drug-likeness (QED) is 0.803. The molecule has 2 heterocycles. The molecular formula is C18H28N4O3. The molecule has 0 spiro atoms. The van der Waals surface area contributed by atoms with Gasteiger partial charge >= 0.3 is 0 Å². The van der Waals surface area contributed by atoms with Gasteiger partial charge in [0.1, 0.15) is 6.54 Å². The topological polar surface area (TPSA) is 76.5 Å². The third-order valence-corrected chi connectivity index (χ3v) is 5.42. The van der Waals surface area contributed by atoms with Crippen molar-refractivity contribution in [3.8, 4) is 0 Å². The molecule has 1 saturated heterocycles. The van der Waals surface area contributed by atoms with Crippen molar-refractivity contribution in [1.29, 1.82) is 0 Å². The van der Waals surface area contributed by atoms with Gasteiger partial charge in [0, 0.05) is 39.0 Å². The molecular weight excluding hydrogens is 320 g/mol. The number of hydrogen-bond donors (Lipinski definition) is 1. The molecule has 1 aromatic rings. The minimum Gasteiger partial charge on any atom is -0.381 e. The SMILES string of the molecule is COC1CC(CCC(=O)N2CCC(C)(NC(=O)Cn3cccn3)C2)C1. The van der Waals surface area contributed by atoms with E-state index in [1.165, 1.54) is 0 Å². The molecule has 138 valence electrons. The molecule has 0 bridgehead atoms. The van der Waals surface area contributed by atoms with Crippen LogP contribution in [0.4, 0.5) is 0 Å². The predicted octanol–water partition coefficient (Wildman–Crippen LogP) is 1.20. The highest BCUT2D eigenvalue weighted by atomic mass is 16.5. The van der Waals surface area contributed by atoms with Gasteiger partial charge in [-0.15, -0.1) is 0 Å². The first-order chi connectivity index (χ1) is 12.0. The Morgan fingerprint density at radius 1 is 1.40 bits per heavy atom. The lowest BCUT2D eigenvalue weighted by atomic mass is 9.79. The highest BCUT2D eigenvalue weighted by Crippen LogP contribution is 2.33. The van der Waals surface area contributed by atoms with Crippen LogP contribution in [0.2, 0.25) is 0 Å². The Morgan fingerprint density at radius 2 is 2.20 bits per heavy atom. The molecule has 2 fully saturated rings. The molecule has 1 aliphatic heterocycles. The second-order valence-electron chi connectivity index (χ2n) is 7.61. The first kappa shape index (κ1) is 17.9. The van der Waals surface area contributed by atoms with Gasteiger partial charge in [-0.1, -0.05) is 0 Å². The lowest BCUT2D eigenvalue weighted by Gasteiger charge is -2.34. The number of nitrogens with zero attached hydrogens (tertiary/aromatic N) is 3. The number of nitrogens with one attached hydrogen (secondary N) is 1. The molecule has 1 N–H and O–H groups in total. The summed E-state index contributed by atoms with van der Waals surface area (Å²) in [5, 5.41) is 7.11. The van der Waals surface area contributed by atoms with E-state index < -0.39 is 0 Å². The normalized spacial score (nSPS) is 28.6. The highest BCUT2D eigenvalue weighted by molar-refractivity contribution is 5.78. The smallest absolute Gasteiger partial charge is 0.242 e. The van der Waals surface area contributed by atoms with Crippen LogP contribution in [-0.4, -0.2) is 58.3 Å².